The molecule has 0 saturated heterocycles. The molecule has 3 nitrogen and oxygen atoms in total. The molecule has 0 aromatic heterocycles. The van der Waals surface area contributed by atoms with Gasteiger partial charge in [0.15, 0.2) is 5.84 Å². The smallest absolute Gasteiger partial charge is 0.152 e. The van der Waals surface area contributed by atoms with Gasteiger partial charge < -0.3 is 10.9 Å². The van der Waals surface area contributed by atoms with Gasteiger partial charge in [-0.2, -0.15) is 0 Å². The zero-order chi connectivity index (χ0) is 10.4. The maximum Gasteiger partial charge on any atom is 0.152 e. The van der Waals surface area contributed by atoms with E-state index >= 15 is 0 Å². The van der Waals surface area contributed by atoms with Gasteiger partial charge in [-0.1, -0.05) is 30.3 Å². The highest BCUT2D eigenvalue weighted by atomic mass is 32.2. The maximum absolute atomic E-state index is 8.56. The number of amidine groups is 1. The summed E-state index contributed by atoms with van der Waals surface area (Å²) in [6.45, 7) is 2.01. The molecule has 0 spiro atoms. The van der Waals surface area contributed by atoms with Crippen LogP contribution in [0.25, 0.3) is 0 Å². The van der Waals surface area contributed by atoms with Gasteiger partial charge in [0.05, 0.1) is 5.25 Å². The number of nitrogens with zero attached hydrogens (tertiary/aromatic N) is 1. The van der Waals surface area contributed by atoms with E-state index in [1.54, 1.807) is 11.8 Å². The summed E-state index contributed by atoms with van der Waals surface area (Å²) in [6.07, 6.45) is 0.843. The second kappa shape index (κ2) is 5.54. The summed E-state index contributed by atoms with van der Waals surface area (Å²) in [4.78, 5) is 1.13. The molecule has 0 aliphatic rings. The van der Waals surface area contributed by atoms with Crippen molar-refractivity contribution in [1.82, 2.24) is 0 Å². The average Bonchev–Trinajstić information content (AvgIpc) is 2.26. The normalized spacial score (nSPS) is 13.9. The number of oxime groups is 1. The van der Waals surface area contributed by atoms with Crippen molar-refractivity contribution in [3.8, 4) is 0 Å². The van der Waals surface area contributed by atoms with E-state index in [0.717, 1.165) is 11.3 Å². The first-order valence-corrected chi connectivity index (χ1v) is 5.35. The lowest BCUT2D eigenvalue weighted by atomic mass is 10.3. The molecular weight excluding hydrogens is 196 g/mol. The van der Waals surface area contributed by atoms with Gasteiger partial charge in [-0.25, -0.2) is 0 Å². The molecule has 1 rings (SSSR count). The Balaban J connectivity index is 2.67. The zero-order valence-electron chi connectivity index (χ0n) is 8.05. The third-order valence-electron chi connectivity index (χ3n) is 1.84. The highest BCUT2D eigenvalue weighted by Gasteiger charge is 2.12. The summed E-state index contributed by atoms with van der Waals surface area (Å²) in [5.41, 5.74) is 5.55. The Labute approximate surface area is 88.0 Å². The SMILES string of the molecule is CCC(Sc1ccccc1)C(N)=NO. The molecule has 0 amide bonds. The first kappa shape index (κ1) is 10.9. The van der Waals surface area contributed by atoms with E-state index < -0.39 is 0 Å². The Morgan fingerprint density at radius 3 is 2.64 bits per heavy atom. The van der Waals surface area contributed by atoms with Crippen molar-refractivity contribution in [3.05, 3.63) is 30.3 Å². The summed E-state index contributed by atoms with van der Waals surface area (Å²) in [7, 11) is 0. The fraction of sp³-hybridized carbons (Fsp3) is 0.300. The number of benzene rings is 1. The van der Waals surface area contributed by atoms with Crippen molar-refractivity contribution in [2.75, 3.05) is 0 Å². The van der Waals surface area contributed by atoms with Crippen LogP contribution in [0, 0.1) is 0 Å². The van der Waals surface area contributed by atoms with Gasteiger partial charge in [0.25, 0.3) is 0 Å². The van der Waals surface area contributed by atoms with Crippen LogP contribution in [0.2, 0.25) is 0 Å². The fourth-order valence-electron chi connectivity index (χ4n) is 1.08. The second-order valence-electron chi connectivity index (χ2n) is 2.85. The summed E-state index contributed by atoms with van der Waals surface area (Å²) in [5, 5.41) is 11.6. The van der Waals surface area contributed by atoms with Gasteiger partial charge in [0, 0.05) is 4.90 Å². The molecule has 14 heavy (non-hydrogen) atoms. The molecule has 0 fully saturated rings. The van der Waals surface area contributed by atoms with E-state index in [1.807, 2.05) is 37.3 Å². The third kappa shape index (κ3) is 2.96. The molecule has 1 aromatic carbocycles. The maximum atomic E-state index is 8.56. The third-order valence-corrected chi connectivity index (χ3v) is 3.24. The molecule has 4 heteroatoms. The van der Waals surface area contributed by atoms with E-state index in [9.17, 15) is 0 Å². The standard InChI is InChI=1S/C10H14N2OS/c1-2-9(10(11)12-13)14-8-6-4-3-5-7-8/h3-7,9,13H,2H2,1H3,(H2,11,12). The van der Waals surface area contributed by atoms with Crippen LogP contribution in [-0.4, -0.2) is 16.3 Å². The van der Waals surface area contributed by atoms with Crippen LogP contribution in [0.3, 0.4) is 0 Å². The van der Waals surface area contributed by atoms with Crippen LogP contribution < -0.4 is 5.73 Å². The first-order chi connectivity index (χ1) is 6.77. The molecule has 0 heterocycles. The quantitative estimate of drug-likeness (QED) is 0.263. The van der Waals surface area contributed by atoms with Crippen LogP contribution in [0.4, 0.5) is 0 Å². The van der Waals surface area contributed by atoms with Crippen LogP contribution in [-0.2, 0) is 0 Å². The van der Waals surface area contributed by atoms with Gasteiger partial charge in [0.2, 0.25) is 0 Å². The summed E-state index contributed by atoms with van der Waals surface area (Å²) >= 11 is 1.61. The molecule has 76 valence electrons. The first-order valence-electron chi connectivity index (χ1n) is 4.47. The Kier molecular flexibility index (Phi) is 4.32. The van der Waals surface area contributed by atoms with Crippen molar-refractivity contribution < 1.29 is 5.21 Å². The lowest BCUT2D eigenvalue weighted by molar-refractivity contribution is 0.317. The molecule has 0 saturated carbocycles. The summed E-state index contributed by atoms with van der Waals surface area (Å²) < 4.78 is 0. The highest BCUT2D eigenvalue weighted by molar-refractivity contribution is 8.00. The van der Waals surface area contributed by atoms with Gasteiger partial charge in [-0.3, -0.25) is 0 Å². The average molecular weight is 210 g/mol. The number of hydrogen-bond acceptors (Lipinski definition) is 3. The lowest BCUT2D eigenvalue weighted by Gasteiger charge is -2.12. The molecule has 0 bridgehead atoms. The van der Waals surface area contributed by atoms with Crippen LogP contribution >= 0.6 is 11.8 Å². The van der Waals surface area contributed by atoms with Crippen molar-refractivity contribution in [3.63, 3.8) is 0 Å². The Morgan fingerprint density at radius 2 is 2.14 bits per heavy atom. The van der Waals surface area contributed by atoms with E-state index in [1.165, 1.54) is 0 Å². The second-order valence-corrected chi connectivity index (χ2v) is 4.13. The molecule has 0 aliphatic heterocycles. The minimum atomic E-state index is 0.0439. The van der Waals surface area contributed by atoms with Crippen LogP contribution in [0.1, 0.15) is 13.3 Å². The molecule has 0 aliphatic carbocycles. The molecule has 1 aromatic rings. The Hall–Kier alpha value is -1.16. The number of thioether (sulfide) groups is 1. The van der Waals surface area contributed by atoms with Gasteiger partial charge in [0.1, 0.15) is 0 Å². The van der Waals surface area contributed by atoms with E-state index in [2.05, 4.69) is 5.16 Å². The Bertz CT molecular complexity index is 300. The number of hydrogen-bond donors (Lipinski definition) is 2. The molecule has 1 atom stereocenters. The molecular formula is C10H14N2OS. The van der Waals surface area contributed by atoms with Crippen molar-refractivity contribution in [2.24, 2.45) is 10.9 Å². The van der Waals surface area contributed by atoms with E-state index in [0.29, 0.717) is 0 Å². The molecule has 0 radical (unpaired) electrons. The molecule has 1 unspecified atom stereocenters. The van der Waals surface area contributed by atoms with Crippen LogP contribution in [0.15, 0.2) is 40.4 Å². The monoisotopic (exact) mass is 210 g/mol. The predicted molar refractivity (Wildman–Crippen MR) is 59.8 cm³/mol. The Morgan fingerprint density at radius 1 is 1.50 bits per heavy atom. The van der Waals surface area contributed by atoms with Gasteiger partial charge in [-0.15, -0.1) is 11.8 Å². The zero-order valence-corrected chi connectivity index (χ0v) is 8.87. The van der Waals surface area contributed by atoms with Crippen molar-refractivity contribution in [2.45, 2.75) is 23.5 Å². The highest BCUT2D eigenvalue weighted by Crippen LogP contribution is 2.24. The fourth-order valence-corrected chi connectivity index (χ4v) is 2.06. The minimum absolute atomic E-state index is 0.0439. The van der Waals surface area contributed by atoms with E-state index in [4.69, 9.17) is 10.9 Å². The van der Waals surface area contributed by atoms with Crippen molar-refractivity contribution in [1.29, 1.82) is 0 Å². The number of rotatable bonds is 4. The topological polar surface area (TPSA) is 58.6 Å². The van der Waals surface area contributed by atoms with Gasteiger partial charge >= 0.3 is 0 Å². The minimum Gasteiger partial charge on any atom is -0.409 e. The predicted octanol–water partition coefficient (Wildman–Crippen LogP) is 2.30. The number of nitrogens with two attached hydrogens (primary N) is 1. The van der Waals surface area contributed by atoms with E-state index in [-0.39, 0.29) is 11.1 Å². The summed E-state index contributed by atoms with van der Waals surface area (Å²) in [5.74, 6) is 0.279. The van der Waals surface area contributed by atoms with Gasteiger partial charge in [-0.05, 0) is 18.6 Å². The lowest BCUT2D eigenvalue weighted by Crippen LogP contribution is -2.25. The largest absolute Gasteiger partial charge is 0.409 e. The van der Waals surface area contributed by atoms with Crippen molar-refractivity contribution >= 4 is 17.6 Å². The molecule has 3 N–H and O–H groups in total. The van der Waals surface area contributed by atoms with Crippen LogP contribution in [0.5, 0.6) is 0 Å². The summed E-state index contributed by atoms with van der Waals surface area (Å²) in [6, 6.07) is 9.94.